The van der Waals surface area contributed by atoms with Gasteiger partial charge in [0.2, 0.25) is 0 Å². The number of carbonyl (C=O) groups is 3. The van der Waals surface area contributed by atoms with Crippen LogP contribution in [0.3, 0.4) is 0 Å². The molecule has 0 saturated carbocycles. The summed E-state index contributed by atoms with van der Waals surface area (Å²) in [5.74, 6) is 0. The van der Waals surface area contributed by atoms with E-state index in [0.29, 0.717) is 0 Å². The zero-order chi connectivity index (χ0) is 14.3. The van der Waals surface area contributed by atoms with Crippen molar-refractivity contribution in [1.82, 2.24) is 0 Å². The molecule has 6 N–H and O–H groups in total. The van der Waals surface area contributed by atoms with E-state index < -0.39 is 25.8 Å². The fourth-order valence-corrected chi connectivity index (χ4v) is 0. The van der Waals surface area contributed by atoms with Gasteiger partial charge in [0, 0.05) is 0 Å². The van der Waals surface area contributed by atoms with Crippen molar-refractivity contribution < 1.29 is 149 Å². The van der Waals surface area contributed by atoms with Crippen LogP contribution in [0.4, 0.5) is 14.4 Å². The topological polar surface area (TPSA) is 242 Å². The molecule has 0 fully saturated rings. The van der Waals surface area contributed by atoms with Gasteiger partial charge in [-0.15, -0.1) is 0 Å². The van der Waals surface area contributed by atoms with E-state index in [-0.39, 0.29) is 88.7 Å². The molecule has 0 aromatic rings. The molecular formula is C3H6BNa3O12. The largest absolute Gasteiger partial charge is 1.00 e. The summed E-state index contributed by atoms with van der Waals surface area (Å²) >= 11 is 0. The molecule has 0 spiro atoms. The molecule has 0 aliphatic carbocycles. The minimum atomic E-state index is -2.92. The molecule has 0 atom stereocenters. The first kappa shape index (κ1) is 42.7. The van der Waals surface area contributed by atoms with Crippen molar-refractivity contribution in [2.24, 2.45) is 0 Å². The third kappa shape index (κ3) is 9240. The molecule has 0 unspecified atom stereocenters. The molecular weight excluding hydrogens is 308 g/mol. The summed E-state index contributed by atoms with van der Waals surface area (Å²) in [7, 11) is -2.92. The Bertz CT molecular complexity index is 155. The van der Waals surface area contributed by atoms with Crippen molar-refractivity contribution in [3.05, 3.63) is 0 Å². The van der Waals surface area contributed by atoms with Gasteiger partial charge < -0.3 is 45.7 Å². The SMILES string of the molecule is O=C(O)O.O=C(O)O.O=C(O)O.[Na+].[Na+].[Na+].[O-]B([O-])[O-]. The number of carboxylic acid groups (broad SMARTS) is 6. The Morgan fingerprint density at radius 1 is 0.579 bits per heavy atom. The summed E-state index contributed by atoms with van der Waals surface area (Å²) in [6.45, 7) is 0. The van der Waals surface area contributed by atoms with Gasteiger partial charge in [0.1, 0.15) is 0 Å². The Hall–Kier alpha value is 0.755. The van der Waals surface area contributed by atoms with Crippen molar-refractivity contribution in [2.75, 3.05) is 0 Å². The predicted molar refractivity (Wildman–Crippen MR) is 37.7 cm³/mol. The maximum absolute atomic E-state index is 8.56. The first-order valence-electron chi connectivity index (χ1n) is 2.66. The van der Waals surface area contributed by atoms with E-state index in [1.54, 1.807) is 0 Å². The Balaban J connectivity index is -0.0000000192. The molecule has 19 heavy (non-hydrogen) atoms. The van der Waals surface area contributed by atoms with Gasteiger partial charge in [0.25, 0.3) is 0 Å². The van der Waals surface area contributed by atoms with E-state index in [0.717, 1.165) is 0 Å². The molecule has 0 radical (unpaired) electrons. The van der Waals surface area contributed by atoms with Gasteiger partial charge in [0.15, 0.2) is 0 Å². The molecule has 0 heterocycles. The van der Waals surface area contributed by atoms with Gasteiger partial charge >= 0.3 is 107 Å². The molecule has 0 aliphatic heterocycles. The van der Waals surface area contributed by atoms with E-state index in [1.165, 1.54) is 0 Å². The predicted octanol–water partition coefficient (Wildman–Crippen LogP) is -12.3. The van der Waals surface area contributed by atoms with Crippen LogP contribution in [0.2, 0.25) is 0 Å². The van der Waals surface area contributed by atoms with E-state index >= 15 is 0 Å². The molecule has 0 rings (SSSR count). The monoisotopic (exact) mass is 314 g/mol. The molecule has 0 aromatic carbocycles. The van der Waals surface area contributed by atoms with Crippen molar-refractivity contribution in [2.45, 2.75) is 0 Å². The quantitative estimate of drug-likeness (QED) is 0.228. The van der Waals surface area contributed by atoms with Crippen LogP contribution in [0.25, 0.3) is 0 Å². The van der Waals surface area contributed by atoms with Crippen molar-refractivity contribution in [3.63, 3.8) is 0 Å². The zero-order valence-electron chi connectivity index (χ0n) is 10.2. The second-order valence-electron chi connectivity index (χ2n) is 1.14. The third-order valence-electron chi connectivity index (χ3n) is 0. The molecule has 12 nitrogen and oxygen atoms in total. The Kier molecular flexibility index (Phi) is 81.7. The number of hydrogen-bond donors (Lipinski definition) is 6. The maximum atomic E-state index is 8.56. The van der Waals surface area contributed by atoms with E-state index in [9.17, 15) is 0 Å². The normalized spacial score (nSPS) is 5.21. The summed E-state index contributed by atoms with van der Waals surface area (Å²) in [5, 5.41) is 67.1. The van der Waals surface area contributed by atoms with Gasteiger partial charge in [-0.2, -0.15) is 0 Å². The molecule has 0 saturated heterocycles. The van der Waals surface area contributed by atoms with Crippen LogP contribution in [-0.2, 0) is 0 Å². The zero-order valence-corrected chi connectivity index (χ0v) is 16.2. The standard InChI is InChI=1S/3CH2O3.BO3.3Na/c4*2-1(3)4;;;/h3*(H2,2,3,4);;;;/q;;;-3;3*+1. The molecule has 0 amide bonds. The van der Waals surface area contributed by atoms with Crippen LogP contribution < -0.4 is 104 Å². The summed E-state index contributed by atoms with van der Waals surface area (Å²) in [6.07, 6.45) is -5.50. The summed E-state index contributed by atoms with van der Waals surface area (Å²) in [4.78, 5) is 25.7. The third-order valence-corrected chi connectivity index (χ3v) is 0. The van der Waals surface area contributed by atoms with Crippen molar-refractivity contribution >= 4 is 25.8 Å². The smallest absolute Gasteiger partial charge is 0.907 e. The van der Waals surface area contributed by atoms with Crippen LogP contribution in [0.5, 0.6) is 0 Å². The minimum Gasteiger partial charge on any atom is -0.907 e. The van der Waals surface area contributed by atoms with Crippen LogP contribution >= 0.6 is 0 Å². The molecule has 96 valence electrons. The molecule has 0 bridgehead atoms. The van der Waals surface area contributed by atoms with E-state index in [4.69, 9.17) is 60.1 Å². The molecule has 16 heteroatoms. The van der Waals surface area contributed by atoms with Crippen molar-refractivity contribution in [3.8, 4) is 0 Å². The second kappa shape index (κ2) is 36.3. The minimum absolute atomic E-state index is 0. The fraction of sp³-hybridized carbons (Fsp3) is 0. The van der Waals surface area contributed by atoms with E-state index in [1.807, 2.05) is 0 Å². The molecule has 0 aliphatic rings. The maximum Gasteiger partial charge on any atom is 1.00 e. The first-order chi connectivity index (χ1) is 6.93. The van der Waals surface area contributed by atoms with Gasteiger partial charge in [-0.05, 0) is 0 Å². The van der Waals surface area contributed by atoms with Crippen molar-refractivity contribution in [1.29, 1.82) is 0 Å². The molecule has 0 aromatic heterocycles. The second-order valence-corrected chi connectivity index (χ2v) is 1.14. The summed E-state index contributed by atoms with van der Waals surface area (Å²) < 4.78 is 0. The summed E-state index contributed by atoms with van der Waals surface area (Å²) in [6, 6.07) is 0. The Labute approximate surface area is 172 Å². The van der Waals surface area contributed by atoms with Crippen LogP contribution in [0, 0.1) is 0 Å². The van der Waals surface area contributed by atoms with Gasteiger partial charge in [0.05, 0.1) is 0 Å². The van der Waals surface area contributed by atoms with Gasteiger partial charge in [-0.3, -0.25) is 7.32 Å². The first-order valence-corrected chi connectivity index (χ1v) is 2.66. The van der Waals surface area contributed by atoms with Gasteiger partial charge in [-0.25, -0.2) is 14.4 Å². The average molecular weight is 314 g/mol. The van der Waals surface area contributed by atoms with Gasteiger partial charge in [-0.1, -0.05) is 0 Å². The van der Waals surface area contributed by atoms with E-state index in [2.05, 4.69) is 0 Å². The number of rotatable bonds is 0. The van der Waals surface area contributed by atoms with Crippen LogP contribution in [0.1, 0.15) is 0 Å². The Morgan fingerprint density at radius 2 is 0.579 bits per heavy atom. The number of hydrogen-bond acceptors (Lipinski definition) is 6. The average Bonchev–Trinajstić information content (AvgIpc) is 1.76. The Morgan fingerprint density at radius 3 is 0.579 bits per heavy atom. The van der Waals surface area contributed by atoms with Crippen LogP contribution in [-0.4, -0.2) is 56.4 Å². The fourth-order valence-electron chi connectivity index (χ4n) is 0. The summed E-state index contributed by atoms with van der Waals surface area (Å²) in [5.41, 5.74) is 0. The van der Waals surface area contributed by atoms with Crippen LogP contribution in [0.15, 0.2) is 0 Å².